The van der Waals surface area contributed by atoms with Crippen LogP contribution in [0.1, 0.15) is 10.4 Å². The van der Waals surface area contributed by atoms with Gasteiger partial charge < -0.3 is 15.4 Å². The Labute approximate surface area is 93.6 Å². The lowest BCUT2D eigenvalue weighted by Gasteiger charge is -2.16. The summed E-state index contributed by atoms with van der Waals surface area (Å²) < 4.78 is 5.07. The molecule has 0 saturated heterocycles. The molecule has 0 fully saturated rings. The van der Waals surface area contributed by atoms with Crippen molar-refractivity contribution in [2.24, 2.45) is 5.73 Å². The van der Waals surface area contributed by atoms with Crippen LogP contribution in [0.4, 0.5) is 5.69 Å². The number of halogens is 1. The highest BCUT2D eigenvalue weighted by atomic mass is 35.5. The molecule has 15 heavy (non-hydrogen) atoms. The van der Waals surface area contributed by atoms with Crippen LogP contribution in [0.3, 0.4) is 0 Å². The van der Waals surface area contributed by atoms with Crippen LogP contribution in [-0.4, -0.2) is 27.1 Å². The van der Waals surface area contributed by atoms with Crippen molar-refractivity contribution < 1.29 is 9.53 Å². The molecule has 0 bridgehead atoms. The van der Waals surface area contributed by atoms with Gasteiger partial charge >= 0.3 is 0 Å². The lowest BCUT2D eigenvalue weighted by molar-refractivity contribution is 0.0997. The first-order valence-electron chi connectivity index (χ1n) is 4.32. The van der Waals surface area contributed by atoms with Crippen LogP contribution < -0.4 is 15.4 Å². The molecular formula is C10H13ClN2O2. The number of ether oxygens (including phenoxy) is 1. The van der Waals surface area contributed by atoms with E-state index in [1.807, 2.05) is 19.0 Å². The number of amides is 1. The molecule has 2 N–H and O–H groups in total. The van der Waals surface area contributed by atoms with Crippen molar-refractivity contribution in [3.05, 3.63) is 22.7 Å². The van der Waals surface area contributed by atoms with E-state index in [0.29, 0.717) is 10.8 Å². The van der Waals surface area contributed by atoms with Crippen LogP contribution in [0.25, 0.3) is 0 Å². The Morgan fingerprint density at radius 3 is 2.47 bits per heavy atom. The number of rotatable bonds is 3. The van der Waals surface area contributed by atoms with Crippen LogP contribution in [-0.2, 0) is 0 Å². The summed E-state index contributed by atoms with van der Waals surface area (Å²) in [7, 11) is 5.18. The Kier molecular flexibility index (Phi) is 3.42. The summed E-state index contributed by atoms with van der Waals surface area (Å²) in [5.41, 5.74) is 6.26. The topological polar surface area (TPSA) is 55.6 Å². The van der Waals surface area contributed by atoms with E-state index in [0.717, 1.165) is 5.69 Å². The summed E-state index contributed by atoms with van der Waals surface area (Å²) in [5, 5.41) is 0.467. The minimum Gasteiger partial charge on any atom is -0.496 e. The van der Waals surface area contributed by atoms with Gasteiger partial charge in [0.25, 0.3) is 5.91 Å². The van der Waals surface area contributed by atoms with Crippen molar-refractivity contribution in [2.45, 2.75) is 0 Å². The van der Waals surface area contributed by atoms with E-state index in [1.54, 1.807) is 6.07 Å². The van der Waals surface area contributed by atoms with Crippen molar-refractivity contribution in [1.29, 1.82) is 0 Å². The van der Waals surface area contributed by atoms with Crippen LogP contribution in [0.2, 0.25) is 5.02 Å². The van der Waals surface area contributed by atoms with E-state index in [1.165, 1.54) is 13.2 Å². The first-order chi connectivity index (χ1) is 6.97. The Bertz CT molecular complexity index is 391. The SMILES string of the molecule is COc1cc(N(C)C)c(Cl)cc1C(N)=O. The first kappa shape index (κ1) is 11.7. The first-order valence-corrected chi connectivity index (χ1v) is 4.69. The Hall–Kier alpha value is -1.42. The summed E-state index contributed by atoms with van der Waals surface area (Å²) in [4.78, 5) is 12.9. The molecule has 0 aliphatic carbocycles. The van der Waals surface area contributed by atoms with E-state index in [9.17, 15) is 4.79 Å². The Morgan fingerprint density at radius 1 is 1.47 bits per heavy atom. The predicted octanol–water partition coefficient (Wildman–Crippen LogP) is 1.51. The van der Waals surface area contributed by atoms with Crippen LogP contribution in [0.5, 0.6) is 5.75 Å². The standard InChI is InChI=1S/C10H13ClN2O2/c1-13(2)8-5-9(15-3)6(10(12)14)4-7(8)11/h4-5H,1-3H3,(H2,12,14). The lowest BCUT2D eigenvalue weighted by Crippen LogP contribution is -2.15. The molecule has 0 saturated carbocycles. The quantitative estimate of drug-likeness (QED) is 0.853. The van der Waals surface area contributed by atoms with Gasteiger partial charge in [-0.15, -0.1) is 0 Å². The summed E-state index contributed by atoms with van der Waals surface area (Å²) in [6.07, 6.45) is 0. The maximum atomic E-state index is 11.1. The minimum atomic E-state index is -0.556. The molecule has 0 heterocycles. The van der Waals surface area contributed by atoms with Crippen molar-refractivity contribution in [1.82, 2.24) is 0 Å². The highest BCUT2D eigenvalue weighted by molar-refractivity contribution is 6.33. The normalized spacial score (nSPS) is 9.87. The van der Waals surface area contributed by atoms with Gasteiger partial charge in [0.1, 0.15) is 5.75 Å². The number of nitrogens with zero attached hydrogens (tertiary/aromatic N) is 1. The average molecular weight is 229 g/mol. The molecule has 0 aliphatic rings. The van der Waals surface area contributed by atoms with Gasteiger partial charge in [-0.25, -0.2) is 0 Å². The number of nitrogens with two attached hydrogens (primary N) is 1. The summed E-state index contributed by atoms with van der Waals surface area (Å²) in [6, 6.07) is 3.19. The largest absolute Gasteiger partial charge is 0.496 e. The average Bonchev–Trinajstić information content (AvgIpc) is 2.16. The smallest absolute Gasteiger partial charge is 0.252 e. The molecule has 1 aromatic rings. The highest BCUT2D eigenvalue weighted by Crippen LogP contribution is 2.32. The van der Waals surface area contributed by atoms with E-state index < -0.39 is 5.91 Å². The maximum Gasteiger partial charge on any atom is 0.252 e. The predicted molar refractivity (Wildman–Crippen MR) is 60.8 cm³/mol. The highest BCUT2D eigenvalue weighted by Gasteiger charge is 2.14. The van der Waals surface area contributed by atoms with Crippen molar-refractivity contribution in [3.63, 3.8) is 0 Å². The van der Waals surface area contributed by atoms with Gasteiger partial charge in [0.2, 0.25) is 0 Å². The molecule has 0 radical (unpaired) electrons. The Morgan fingerprint density at radius 2 is 2.07 bits per heavy atom. The van der Waals surface area contributed by atoms with Crippen LogP contribution >= 0.6 is 11.6 Å². The molecule has 1 amide bonds. The van der Waals surface area contributed by atoms with Gasteiger partial charge in [0, 0.05) is 20.2 Å². The molecule has 1 rings (SSSR count). The number of carbonyl (C=O) groups excluding carboxylic acids is 1. The molecule has 5 heteroatoms. The van der Waals surface area contributed by atoms with Gasteiger partial charge in [-0.05, 0) is 6.07 Å². The molecule has 1 aromatic carbocycles. The van der Waals surface area contributed by atoms with E-state index >= 15 is 0 Å². The molecule has 0 aliphatic heterocycles. The molecule has 0 unspecified atom stereocenters. The van der Waals surface area contributed by atoms with Crippen molar-refractivity contribution >= 4 is 23.2 Å². The summed E-state index contributed by atoms with van der Waals surface area (Å²) in [5.74, 6) is -0.130. The maximum absolute atomic E-state index is 11.1. The Balaban J connectivity index is 3.35. The van der Waals surface area contributed by atoms with Gasteiger partial charge in [0.15, 0.2) is 0 Å². The molecule has 4 nitrogen and oxygen atoms in total. The van der Waals surface area contributed by atoms with Crippen molar-refractivity contribution in [3.8, 4) is 5.75 Å². The number of benzene rings is 1. The fraction of sp³-hybridized carbons (Fsp3) is 0.300. The van der Waals surface area contributed by atoms with Gasteiger partial charge in [-0.1, -0.05) is 11.6 Å². The van der Waals surface area contributed by atoms with E-state index in [2.05, 4.69) is 0 Å². The third-order valence-electron chi connectivity index (χ3n) is 2.02. The second kappa shape index (κ2) is 4.40. The minimum absolute atomic E-state index is 0.285. The molecule has 0 spiro atoms. The number of hydrogen-bond acceptors (Lipinski definition) is 3. The zero-order chi connectivity index (χ0) is 11.6. The summed E-state index contributed by atoms with van der Waals surface area (Å²) in [6.45, 7) is 0. The summed E-state index contributed by atoms with van der Waals surface area (Å²) >= 11 is 5.99. The molecular weight excluding hydrogens is 216 g/mol. The molecule has 0 atom stereocenters. The fourth-order valence-electron chi connectivity index (χ4n) is 1.25. The van der Waals surface area contributed by atoms with E-state index in [4.69, 9.17) is 22.1 Å². The number of hydrogen-bond donors (Lipinski definition) is 1. The molecule has 0 aromatic heterocycles. The van der Waals surface area contributed by atoms with E-state index in [-0.39, 0.29) is 5.56 Å². The number of carbonyl (C=O) groups is 1. The lowest BCUT2D eigenvalue weighted by atomic mass is 10.1. The van der Waals surface area contributed by atoms with Gasteiger partial charge in [-0.2, -0.15) is 0 Å². The number of methoxy groups -OCH3 is 1. The van der Waals surface area contributed by atoms with Crippen LogP contribution in [0, 0.1) is 0 Å². The monoisotopic (exact) mass is 228 g/mol. The van der Waals surface area contributed by atoms with Crippen LogP contribution in [0.15, 0.2) is 12.1 Å². The zero-order valence-electron chi connectivity index (χ0n) is 8.87. The second-order valence-corrected chi connectivity index (χ2v) is 3.67. The fourth-order valence-corrected chi connectivity index (χ4v) is 1.58. The van der Waals surface area contributed by atoms with Gasteiger partial charge in [0.05, 0.1) is 23.4 Å². The van der Waals surface area contributed by atoms with Crippen molar-refractivity contribution in [2.75, 3.05) is 26.1 Å². The zero-order valence-corrected chi connectivity index (χ0v) is 9.63. The van der Waals surface area contributed by atoms with Gasteiger partial charge in [-0.3, -0.25) is 4.79 Å². The number of anilines is 1. The third kappa shape index (κ3) is 2.33. The molecule has 82 valence electrons. The second-order valence-electron chi connectivity index (χ2n) is 3.26. The number of primary amides is 1. The third-order valence-corrected chi connectivity index (χ3v) is 2.32.